The van der Waals surface area contributed by atoms with Gasteiger partial charge in [0.1, 0.15) is 5.75 Å². The maximum absolute atomic E-state index is 12.6. The van der Waals surface area contributed by atoms with Crippen molar-refractivity contribution in [2.24, 2.45) is 0 Å². The fourth-order valence-corrected chi connectivity index (χ4v) is 2.93. The lowest BCUT2D eigenvalue weighted by Gasteiger charge is -2.12. The highest BCUT2D eigenvalue weighted by Crippen LogP contribution is 2.27. The first kappa shape index (κ1) is 21.9. The van der Waals surface area contributed by atoms with E-state index in [1.54, 1.807) is 49.6 Å². The van der Waals surface area contributed by atoms with Crippen molar-refractivity contribution in [2.45, 2.75) is 19.8 Å². The Hall–Kier alpha value is -2.38. The molecule has 0 radical (unpaired) electrons. The average Bonchev–Trinajstić information content (AvgIpc) is 2.69. The van der Waals surface area contributed by atoms with Gasteiger partial charge in [0, 0.05) is 19.2 Å². The van der Waals surface area contributed by atoms with Gasteiger partial charge in [-0.1, -0.05) is 25.5 Å². The van der Waals surface area contributed by atoms with Gasteiger partial charge in [0.05, 0.1) is 28.9 Å². The molecule has 0 saturated carbocycles. The Kier molecular flexibility index (Phi) is 8.97. The molecule has 2 N–H and O–H groups in total. The van der Waals surface area contributed by atoms with E-state index in [9.17, 15) is 9.59 Å². The van der Waals surface area contributed by atoms with Crippen molar-refractivity contribution in [3.05, 3.63) is 58.1 Å². The molecule has 7 heteroatoms. The van der Waals surface area contributed by atoms with Crippen LogP contribution in [0.25, 0.3) is 0 Å². The molecule has 0 spiro atoms. The smallest absolute Gasteiger partial charge is 0.255 e. The van der Waals surface area contributed by atoms with Gasteiger partial charge in [-0.05, 0) is 52.7 Å². The molecule has 0 unspecified atom stereocenters. The summed E-state index contributed by atoms with van der Waals surface area (Å²) in [7, 11) is 1.57. The molecular weight excluding hydrogens is 424 g/mol. The SMILES string of the molecule is CCCCOc1ccc(C(=O)Nc2ccccc2C(=O)NCCOC)cc1Br. The van der Waals surface area contributed by atoms with Gasteiger partial charge in [0.2, 0.25) is 0 Å². The van der Waals surface area contributed by atoms with E-state index in [0.29, 0.717) is 46.8 Å². The molecule has 2 aromatic rings. The van der Waals surface area contributed by atoms with Crippen LogP contribution < -0.4 is 15.4 Å². The van der Waals surface area contributed by atoms with Crippen molar-refractivity contribution < 1.29 is 19.1 Å². The third-order valence-corrected chi connectivity index (χ3v) is 4.58. The van der Waals surface area contributed by atoms with Gasteiger partial charge in [-0.15, -0.1) is 0 Å². The van der Waals surface area contributed by atoms with E-state index in [0.717, 1.165) is 12.8 Å². The third kappa shape index (κ3) is 6.35. The molecule has 0 bridgehead atoms. The molecule has 0 aliphatic heterocycles. The highest BCUT2D eigenvalue weighted by Gasteiger charge is 2.15. The second kappa shape index (κ2) is 11.5. The number of hydrogen-bond acceptors (Lipinski definition) is 4. The van der Waals surface area contributed by atoms with E-state index >= 15 is 0 Å². The van der Waals surface area contributed by atoms with E-state index in [-0.39, 0.29) is 11.8 Å². The minimum Gasteiger partial charge on any atom is -0.492 e. The van der Waals surface area contributed by atoms with Crippen LogP contribution in [0.5, 0.6) is 5.75 Å². The van der Waals surface area contributed by atoms with Crippen molar-refractivity contribution in [1.29, 1.82) is 0 Å². The number of benzene rings is 2. The highest BCUT2D eigenvalue weighted by atomic mass is 79.9. The summed E-state index contributed by atoms with van der Waals surface area (Å²) in [4.78, 5) is 25.0. The molecule has 0 fully saturated rings. The third-order valence-electron chi connectivity index (χ3n) is 3.96. The molecule has 150 valence electrons. The van der Waals surface area contributed by atoms with Crippen LogP contribution in [-0.4, -0.2) is 38.7 Å². The minimum absolute atomic E-state index is 0.270. The zero-order valence-corrected chi connectivity index (χ0v) is 17.7. The van der Waals surface area contributed by atoms with Crippen molar-refractivity contribution in [1.82, 2.24) is 5.32 Å². The number of unbranched alkanes of at least 4 members (excludes halogenated alkanes) is 1. The summed E-state index contributed by atoms with van der Waals surface area (Å²) in [5, 5.41) is 5.56. The molecule has 2 amide bonds. The number of ether oxygens (including phenoxy) is 2. The Morgan fingerprint density at radius 3 is 2.57 bits per heavy atom. The van der Waals surface area contributed by atoms with Gasteiger partial charge in [-0.2, -0.15) is 0 Å². The monoisotopic (exact) mass is 448 g/mol. The van der Waals surface area contributed by atoms with E-state index in [1.807, 2.05) is 0 Å². The first-order valence-corrected chi connectivity index (χ1v) is 9.96. The van der Waals surface area contributed by atoms with Crippen molar-refractivity contribution in [2.75, 3.05) is 32.2 Å². The lowest BCUT2D eigenvalue weighted by atomic mass is 10.1. The van der Waals surface area contributed by atoms with Gasteiger partial charge in [0.25, 0.3) is 11.8 Å². The summed E-state index contributed by atoms with van der Waals surface area (Å²) in [6, 6.07) is 12.0. The standard InChI is InChI=1S/C21H25BrN2O4/c1-3-4-12-28-19-10-9-15(14-17(19)22)20(25)24-18-8-6-5-7-16(18)21(26)23-11-13-27-2/h5-10,14H,3-4,11-13H2,1-2H3,(H,23,26)(H,24,25). The van der Waals surface area contributed by atoms with Gasteiger partial charge >= 0.3 is 0 Å². The Morgan fingerprint density at radius 1 is 1.07 bits per heavy atom. The molecule has 0 aromatic heterocycles. The number of methoxy groups -OCH3 is 1. The topological polar surface area (TPSA) is 76.7 Å². The van der Waals surface area contributed by atoms with Crippen molar-refractivity contribution in [3.8, 4) is 5.75 Å². The fraction of sp³-hybridized carbons (Fsp3) is 0.333. The van der Waals surface area contributed by atoms with Crippen LogP contribution in [0.15, 0.2) is 46.9 Å². The van der Waals surface area contributed by atoms with Crippen LogP contribution in [-0.2, 0) is 4.74 Å². The molecule has 2 rings (SSSR count). The molecular formula is C21H25BrN2O4. The molecule has 28 heavy (non-hydrogen) atoms. The van der Waals surface area contributed by atoms with Gasteiger partial charge in [-0.25, -0.2) is 0 Å². The first-order chi connectivity index (χ1) is 13.6. The summed E-state index contributed by atoms with van der Waals surface area (Å²) >= 11 is 3.44. The second-order valence-electron chi connectivity index (χ2n) is 6.10. The molecule has 0 saturated heterocycles. The molecule has 0 aliphatic carbocycles. The molecule has 6 nitrogen and oxygen atoms in total. The predicted octanol–water partition coefficient (Wildman–Crippen LogP) is 4.26. The second-order valence-corrected chi connectivity index (χ2v) is 6.95. The van der Waals surface area contributed by atoms with E-state index in [2.05, 4.69) is 33.5 Å². The summed E-state index contributed by atoms with van der Waals surface area (Å²) in [5.74, 6) is 0.120. The average molecular weight is 449 g/mol. The lowest BCUT2D eigenvalue weighted by Crippen LogP contribution is -2.28. The Balaban J connectivity index is 2.08. The normalized spacial score (nSPS) is 10.4. The lowest BCUT2D eigenvalue weighted by molar-refractivity contribution is 0.0938. The molecule has 0 atom stereocenters. The Labute approximate surface area is 173 Å². The Bertz CT molecular complexity index is 811. The zero-order valence-electron chi connectivity index (χ0n) is 16.1. The zero-order chi connectivity index (χ0) is 20.4. The van der Waals surface area contributed by atoms with E-state index < -0.39 is 0 Å². The highest BCUT2D eigenvalue weighted by molar-refractivity contribution is 9.10. The van der Waals surface area contributed by atoms with Crippen LogP contribution >= 0.6 is 15.9 Å². The maximum Gasteiger partial charge on any atom is 0.255 e. The quantitative estimate of drug-likeness (QED) is 0.532. The molecule has 0 heterocycles. The molecule has 2 aromatic carbocycles. The summed E-state index contributed by atoms with van der Waals surface area (Å²) in [6.07, 6.45) is 2.02. The number of carbonyl (C=O) groups is 2. The van der Waals surface area contributed by atoms with Crippen LogP contribution in [0.4, 0.5) is 5.69 Å². The van der Waals surface area contributed by atoms with Crippen LogP contribution in [0, 0.1) is 0 Å². The fourth-order valence-electron chi connectivity index (χ4n) is 2.43. The number of nitrogens with one attached hydrogen (secondary N) is 2. The largest absolute Gasteiger partial charge is 0.492 e. The van der Waals surface area contributed by atoms with Crippen LogP contribution in [0.1, 0.15) is 40.5 Å². The number of amides is 2. The number of rotatable bonds is 10. The summed E-state index contributed by atoms with van der Waals surface area (Å²) in [6.45, 7) is 3.54. The van der Waals surface area contributed by atoms with Crippen LogP contribution in [0.2, 0.25) is 0 Å². The predicted molar refractivity (Wildman–Crippen MR) is 113 cm³/mol. The van der Waals surface area contributed by atoms with Gasteiger partial charge in [0.15, 0.2) is 0 Å². The number of anilines is 1. The van der Waals surface area contributed by atoms with Crippen molar-refractivity contribution in [3.63, 3.8) is 0 Å². The number of hydrogen-bond donors (Lipinski definition) is 2. The minimum atomic E-state index is -0.307. The number of para-hydroxylation sites is 1. The number of halogens is 1. The molecule has 0 aliphatic rings. The first-order valence-electron chi connectivity index (χ1n) is 9.16. The van der Waals surface area contributed by atoms with E-state index in [4.69, 9.17) is 9.47 Å². The van der Waals surface area contributed by atoms with Gasteiger partial charge in [-0.3, -0.25) is 9.59 Å². The maximum atomic E-state index is 12.6. The van der Waals surface area contributed by atoms with Crippen LogP contribution in [0.3, 0.4) is 0 Å². The van der Waals surface area contributed by atoms with Crippen molar-refractivity contribution >= 4 is 33.4 Å². The Morgan fingerprint density at radius 2 is 1.86 bits per heavy atom. The number of carbonyl (C=O) groups excluding carboxylic acids is 2. The summed E-state index contributed by atoms with van der Waals surface area (Å²) < 4.78 is 11.3. The van der Waals surface area contributed by atoms with E-state index in [1.165, 1.54) is 0 Å². The van der Waals surface area contributed by atoms with Gasteiger partial charge < -0.3 is 20.1 Å². The summed E-state index contributed by atoms with van der Waals surface area (Å²) in [5.41, 5.74) is 1.30.